The number of para-hydroxylation sites is 1. The predicted octanol–water partition coefficient (Wildman–Crippen LogP) is 2.21. The van der Waals surface area contributed by atoms with Crippen LogP contribution in [0.1, 0.15) is 32.1 Å². The molecule has 0 radical (unpaired) electrons. The predicted molar refractivity (Wildman–Crippen MR) is 111 cm³/mol. The van der Waals surface area contributed by atoms with Gasteiger partial charge in [0.2, 0.25) is 0 Å². The van der Waals surface area contributed by atoms with Gasteiger partial charge in [-0.15, -0.1) is 0 Å². The summed E-state index contributed by atoms with van der Waals surface area (Å²) in [5, 5.41) is 16.6. The topological polar surface area (TPSA) is 76.2 Å². The van der Waals surface area contributed by atoms with E-state index in [9.17, 15) is 9.90 Å². The van der Waals surface area contributed by atoms with Crippen LogP contribution in [0.3, 0.4) is 0 Å². The molecule has 2 fully saturated rings. The summed E-state index contributed by atoms with van der Waals surface area (Å²) in [5.41, 5.74) is 0.250. The molecule has 1 N–H and O–H groups in total. The quantitative estimate of drug-likeness (QED) is 0.738. The van der Waals surface area contributed by atoms with Crippen LogP contribution in [0.4, 0.5) is 0 Å². The van der Waals surface area contributed by atoms with E-state index < -0.39 is 5.60 Å². The normalized spacial score (nSPS) is 24.5. The van der Waals surface area contributed by atoms with Crippen molar-refractivity contribution in [3.63, 3.8) is 0 Å². The second kappa shape index (κ2) is 6.78. The van der Waals surface area contributed by atoms with Crippen LogP contribution in [0.2, 0.25) is 0 Å². The maximum Gasteiger partial charge on any atom is 0.264 e. The lowest BCUT2D eigenvalue weighted by Crippen LogP contribution is -2.60. The van der Waals surface area contributed by atoms with Gasteiger partial charge in [0.05, 0.1) is 24.0 Å². The molecule has 1 unspecified atom stereocenters. The van der Waals surface area contributed by atoms with Gasteiger partial charge in [-0.2, -0.15) is 5.10 Å². The van der Waals surface area contributed by atoms with Crippen molar-refractivity contribution in [2.24, 2.45) is 5.41 Å². The van der Waals surface area contributed by atoms with E-state index in [1.165, 1.54) is 0 Å². The third-order valence-corrected chi connectivity index (χ3v) is 7.01. The first-order valence-corrected chi connectivity index (χ1v) is 10.4. The van der Waals surface area contributed by atoms with Gasteiger partial charge in [-0.25, -0.2) is 9.67 Å². The number of likely N-dealkylation sites (tertiary alicyclic amines) is 1. The molecule has 1 aliphatic heterocycles. The molecule has 152 valence electrons. The molecule has 1 spiro atoms. The van der Waals surface area contributed by atoms with Gasteiger partial charge < -0.3 is 10.0 Å². The molecule has 2 aliphatic rings. The van der Waals surface area contributed by atoms with Crippen molar-refractivity contribution in [1.82, 2.24) is 24.2 Å². The Morgan fingerprint density at radius 3 is 2.66 bits per heavy atom. The van der Waals surface area contributed by atoms with E-state index in [4.69, 9.17) is 0 Å². The van der Waals surface area contributed by atoms with Crippen LogP contribution in [0.15, 0.2) is 47.7 Å². The molecular formula is C22H27N5O2. The zero-order valence-electron chi connectivity index (χ0n) is 16.8. The monoisotopic (exact) mass is 393 g/mol. The average Bonchev–Trinajstić information content (AvgIpc) is 3.37. The van der Waals surface area contributed by atoms with E-state index in [1.54, 1.807) is 21.8 Å². The zero-order valence-corrected chi connectivity index (χ0v) is 16.8. The first kappa shape index (κ1) is 18.5. The second-order valence-electron chi connectivity index (χ2n) is 8.81. The van der Waals surface area contributed by atoms with Gasteiger partial charge in [0.1, 0.15) is 11.7 Å². The molecule has 1 saturated heterocycles. The third-order valence-electron chi connectivity index (χ3n) is 7.01. The average molecular weight is 393 g/mol. The lowest BCUT2D eigenvalue weighted by atomic mass is 9.66. The number of fused-ring (bicyclic) bond motifs is 1. The van der Waals surface area contributed by atoms with Crippen molar-refractivity contribution in [3.8, 4) is 5.69 Å². The van der Waals surface area contributed by atoms with Gasteiger partial charge in [-0.05, 0) is 38.4 Å². The Kier molecular flexibility index (Phi) is 4.33. The number of aromatic nitrogens is 4. The maximum atomic E-state index is 13.2. The molecule has 0 amide bonds. The lowest BCUT2D eigenvalue weighted by Gasteiger charge is -2.51. The minimum absolute atomic E-state index is 0.136. The zero-order chi connectivity index (χ0) is 20.1. The highest BCUT2D eigenvalue weighted by Crippen LogP contribution is 2.51. The molecule has 1 aromatic carbocycles. The van der Waals surface area contributed by atoms with Crippen molar-refractivity contribution < 1.29 is 5.11 Å². The molecule has 1 atom stereocenters. The SMILES string of the molecule is CN1CCC(O)(Cn2cnc3c(cnn3-c3ccccc3)c2=O)C2(CCCC2)C1. The maximum absolute atomic E-state index is 13.2. The molecule has 0 bridgehead atoms. The highest BCUT2D eigenvalue weighted by atomic mass is 16.3. The van der Waals surface area contributed by atoms with Gasteiger partial charge in [0.25, 0.3) is 5.56 Å². The second-order valence-corrected chi connectivity index (χ2v) is 8.81. The summed E-state index contributed by atoms with van der Waals surface area (Å²) in [5.74, 6) is 0. The summed E-state index contributed by atoms with van der Waals surface area (Å²) in [7, 11) is 2.12. The third kappa shape index (κ3) is 2.91. The summed E-state index contributed by atoms with van der Waals surface area (Å²) in [4.78, 5) is 20.1. The largest absolute Gasteiger partial charge is 0.387 e. The molecule has 3 aromatic rings. The van der Waals surface area contributed by atoms with Crippen molar-refractivity contribution in [1.29, 1.82) is 0 Å². The van der Waals surface area contributed by atoms with Crippen molar-refractivity contribution in [2.45, 2.75) is 44.2 Å². The standard InChI is InChI=1S/C22H27N5O2/c1-25-12-11-22(29,21(14-25)9-5-6-10-21)15-26-16-23-19-18(20(26)28)13-24-27(19)17-7-3-2-4-8-17/h2-4,7-8,13,16,29H,5-6,9-12,14-15H2,1H3. The van der Waals surface area contributed by atoms with Crippen LogP contribution in [0.5, 0.6) is 0 Å². The fourth-order valence-electron chi connectivity index (χ4n) is 5.41. The fraction of sp³-hybridized carbons (Fsp3) is 0.500. The van der Waals surface area contributed by atoms with Gasteiger partial charge in [0.15, 0.2) is 5.65 Å². The molecule has 29 heavy (non-hydrogen) atoms. The van der Waals surface area contributed by atoms with E-state index in [2.05, 4.69) is 22.0 Å². The van der Waals surface area contributed by atoms with Crippen molar-refractivity contribution >= 4 is 11.0 Å². The molecule has 1 saturated carbocycles. The van der Waals surface area contributed by atoms with Crippen LogP contribution < -0.4 is 5.56 Å². The summed E-state index contributed by atoms with van der Waals surface area (Å²) < 4.78 is 3.27. The summed E-state index contributed by atoms with van der Waals surface area (Å²) >= 11 is 0. The number of hydrogen-bond donors (Lipinski definition) is 1. The molecule has 1 aliphatic carbocycles. The van der Waals surface area contributed by atoms with Gasteiger partial charge in [0, 0.05) is 18.5 Å². The van der Waals surface area contributed by atoms with Crippen LogP contribution in [0, 0.1) is 5.41 Å². The molecule has 7 nitrogen and oxygen atoms in total. The van der Waals surface area contributed by atoms with Crippen LogP contribution >= 0.6 is 0 Å². The smallest absolute Gasteiger partial charge is 0.264 e. The molecule has 3 heterocycles. The Bertz CT molecular complexity index is 1080. The van der Waals surface area contributed by atoms with Crippen LogP contribution in [-0.2, 0) is 6.54 Å². The van der Waals surface area contributed by atoms with Crippen molar-refractivity contribution in [2.75, 3.05) is 20.1 Å². The Morgan fingerprint density at radius 2 is 1.90 bits per heavy atom. The van der Waals surface area contributed by atoms with Crippen molar-refractivity contribution in [3.05, 3.63) is 53.2 Å². The van der Waals surface area contributed by atoms with Crippen LogP contribution in [-0.4, -0.2) is 55.1 Å². The first-order chi connectivity index (χ1) is 14.0. The Morgan fingerprint density at radius 1 is 1.14 bits per heavy atom. The highest BCUT2D eigenvalue weighted by Gasteiger charge is 2.54. The molecule has 2 aromatic heterocycles. The van der Waals surface area contributed by atoms with E-state index >= 15 is 0 Å². The van der Waals surface area contributed by atoms with Gasteiger partial charge in [-0.3, -0.25) is 9.36 Å². The minimum atomic E-state index is -0.884. The molecule has 5 rings (SSSR count). The number of benzene rings is 1. The summed E-state index contributed by atoms with van der Waals surface area (Å²) in [6.07, 6.45) is 8.16. The lowest BCUT2D eigenvalue weighted by molar-refractivity contribution is -0.139. The number of piperidine rings is 1. The van der Waals surface area contributed by atoms with Gasteiger partial charge in [-0.1, -0.05) is 31.0 Å². The minimum Gasteiger partial charge on any atom is -0.387 e. The number of nitrogens with zero attached hydrogens (tertiary/aromatic N) is 5. The summed E-state index contributed by atoms with van der Waals surface area (Å²) in [6.45, 7) is 2.02. The number of hydrogen-bond acceptors (Lipinski definition) is 5. The summed E-state index contributed by atoms with van der Waals surface area (Å²) in [6, 6.07) is 9.67. The van der Waals surface area contributed by atoms with E-state index in [-0.39, 0.29) is 11.0 Å². The fourth-order valence-corrected chi connectivity index (χ4v) is 5.41. The van der Waals surface area contributed by atoms with Crippen LogP contribution in [0.25, 0.3) is 16.7 Å². The van der Waals surface area contributed by atoms with Gasteiger partial charge >= 0.3 is 0 Å². The highest BCUT2D eigenvalue weighted by molar-refractivity contribution is 5.74. The first-order valence-electron chi connectivity index (χ1n) is 10.4. The Balaban J connectivity index is 1.53. The molecular weight excluding hydrogens is 366 g/mol. The van der Waals surface area contributed by atoms with E-state index in [0.717, 1.165) is 44.5 Å². The molecule has 7 heteroatoms. The number of aliphatic hydroxyl groups is 1. The van der Waals surface area contributed by atoms with E-state index in [1.807, 2.05) is 30.3 Å². The number of rotatable bonds is 3. The Labute approximate surface area is 169 Å². The van der Waals surface area contributed by atoms with E-state index in [0.29, 0.717) is 24.0 Å². The Hall–Kier alpha value is -2.51.